The van der Waals surface area contributed by atoms with Gasteiger partial charge in [0.1, 0.15) is 0 Å². The van der Waals surface area contributed by atoms with Gasteiger partial charge in [-0.25, -0.2) is 0 Å². The Hall–Kier alpha value is -8.14. The summed E-state index contributed by atoms with van der Waals surface area (Å²) in [5.41, 5.74) is 13.0. The summed E-state index contributed by atoms with van der Waals surface area (Å²) in [7, 11) is 0. The molecule has 13 aromatic rings. The summed E-state index contributed by atoms with van der Waals surface area (Å²) in [6.45, 7) is 0. The van der Waals surface area contributed by atoms with Crippen molar-refractivity contribution >= 4 is 93.0 Å². The van der Waals surface area contributed by atoms with Crippen molar-refractivity contribution in [2.45, 2.75) is 0 Å². The van der Waals surface area contributed by atoms with E-state index in [1.54, 1.807) is 0 Å². The van der Waals surface area contributed by atoms with E-state index in [1.807, 2.05) is 0 Å². The third-order valence-electron chi connectivity index (χ3n) is 12.8. The molecule has 0 aliphatic heterocycles. The number of anilines is 3. The molecule has 0 aliphatic carbocycles. The van der Waals surface area contributed by atoms with Gasteiger partial charge in [-0.05, 0) is 123 Å². The van der Waals surface area contributed by atoms with E-state index >= 15 is 0 Å². The normalized spacial score (nSPS) is 11.9. The summed E-state index contributed by atoms with van der Waals surface area (Å²) in [5, 5.41) is 12.7. The highest BCUT2D eigenvalue weighted by molar-refractivity contribution is 6.33. The smallest absolute Gasteiger partial charge is 0.0620 e. The molecule has 2 heterocycles. The Balaban J connectivity index is 1.02. The summed E-state index contributed by atoms with van der Waals surface area (Å²) in [6, 6.07) is 82.1. The Morgan fingerprint density at radius 2 is 0.836 bits per heavy atom. The molecule has 0 spiro atoms. The van der Waals surface area contributed by atoms with Gasteiger partial charge in [0.2, 0.25) is 0 Å². The molecule has 0 saturated heterocycles. The van der Waals surface area contributed by atoms with Crippen LogP contribution in [0.2, 0.25) is 0 Å². The molecular formula is C58H37N3. The molecule has 0 amide bonds. The molecule has 11 aromatic carbocycles. The van der Waals surface area contributed by atoms with Crippen LogP contribution in [0.4, 0.5) is 17.1 Å². The number of fused-ring (bicyclic) bond motifs is 7. The first kappa shape index (κ1) is 33.8. The predicted molar refractivity (Wildman–Crippen MR) is 259 cm³/mol. The Morgan fingerprint density at radius 3 is 1.56 bits per heavy atom. The van der Waals surface area contributed by atoms with Crippen LogP contribution in [-0.2, 0) is 0 Å². The van der Waals surface area contributed by atoms with Crippen LogP contribution in [0, 0.1) is 0 Å². The third-order valence-corrected chi connectivity index (χ3v) is 12.8. The van der Waals surface area contributed by atoms with Gasteiger partial charge in [-0.15, -0.1) is 0 Å². The highest BCUT2D eigenvalue weighted by Gasteiger charge is 2.21. The topological polar surface area (TPSA) is 13.1 Å². The van der Waals surface area contributed by atoms with Crippen molar-refractivity contribution in [1.29, 1.82) is 0 Å². The molecule has 13 rings (SSSR count). The lowest BCUT2D eigenvalue weighted by atomic mass is 9.89. The van der Waals surface area contributed by atoms with Crippen LogP contribution in [0.25, 0.3) is 98.4 Å². The van der Waals surface area contributed by atoms with Gasteiger partial charge in [-0.3, -0.25) is 0 Å². The monoisotopic (exact) mass is 775 g/mol. The maximum atomic E-state index is 2.51. The van der Waals surface area contributed by atoms with E-state index in [-0.39, 0.29) is 0 Å². The Kier molecular flexibility index (Phi) is 7.31. The van der Waals surface area contributed by atoms with Crippen molar-refractivity contribution in [1.82, 2.24) is 9.13 Å². The third kappa shape index (κ3) is 5.04. The molecule has 284 valence electrons. The number of para-hydroxylation sites is 5. The fourth-order valence-corrected chi connectivity index (χ4v) is 10.2. The minimum absolute atomic E-state index is 1.12. The lowest BCUT2D eigenvalue weighted by Gasteiger charge is -2.25. The number of nitrogens with zero attached hydrogens (tertiary/aromatic N) is 3. The van der Waals surface area contributed by atoms with E-state index in [1.165, 1.54) is 92.7 Å². The Morgan fingerprint density at radius 1 is 0.295 bits per heavy atom. The van der Waals surface area contributed by atoms with E-state index in [9.17, 15) is 0 Å². The SMILES string of the molecule is c1ccc(N(c2ccccc2)c2ccc(-c3ccc4ccc5cc6c7ccccc7n(-c7ccc8c(c7)c7ccccc7n8-c7ccccc7)c6c6ccc3c4c56)cc2)cc1. The van der Waals surface area contributed by atoms with Crippen LogP contribution in [0.15, 0.2) is 224 Å². The minimum Gasteiger partial charge on any atom is -0.311 e. The molecule has 3 nitrogen and oxygen atoms in total. The second-order valence-corrected chi connectivity index (χ2v) is 16.1. The second-order valence-electron chi connectivity index (χ2n) is 16.1. The van der Waals surface area contributed by atoms with Gasteiger partial charge in [0.25, 0.3) is 0 Å². The number of hydrogen-bond donors (Lipinski definition) is 0. The zero-order chi connectivity index (χ0) is 40.0. The average Bonchev–Trinajstić information content (AvgIpc) is 3.84. The Bertz CT molecular complexity index is 3750. The molecule has 3 heteroatoms. The summed E-state index contributed by atoms with van der Waals surface area (Å²) < 4.78 is 4.90. The second kappa shape index (κ2) is 13.2. The molecule has 0 N–H and O–H groups in total. The van der Waals surface area contributed by atoms with Gasteiger partial charge in [-0.1, -0.05) is 140 Å². The summed E-state index contributed by atoms with van der Waals surface area (Å²) in [6.07, 6.45) is 0. The lowest BCUT2D eigenvalue weighted by molar-refractivity contribution is 1.17. The van der Waals surface area contributed by atoms with E-state index < -0.39 is 0 Å². The molecule has 0 aliphatic rings. The first-order valence-electron chi connectivity index (χ1n) is 21.0. The zero-order valence-electron chi connectivity index (χ0n) is 33.2. The van der Waals surface area contributed by atoms with Crippen LogP contribution < -0.4 is 4.90 Å². The van der Waals surface area contributed by atoms with E-state index in [0.717, 1.165) is 22.7 Å². The average molecular weight is 776 g/mol. The van der Waals surface area contributed by atoms with Crippen molar-refractivity contribution in [3.63, 3.8) is 0 Å². The maximum Gasteiger partial charge on any atom is 0.0620 e. The number of aromatic nitrogens is 2. The molecule has 0 fully saturated rings. The molecule has 0 bridgehead atoms. The molecular weight excluding hydrogens is 739 g/mol. The molecule has 2 aromatic heterocycles. The van der Waals surface area contributed by atoms with Gasteiger partial charge in [0.15, 0.2) is 0 Å². The van der Waals surface area contributed by atoms with Crippen LogP contribution in [0.1, 0.15) is 0 Å². The molecule has 0 saturated carbocycles. The first-order chi connectivity index (χ1) is 30.3. The highest BCUT2D eigenvalue weighted by atomic mass is 15.1. The van der Waals surface area contributed by atoms with Gasteiger partial charge >= 0.3 is 0 Å². The van der Waals surface area contributed by atoms with Crippen molar-refractivity contribution < 1.29 is 0 Å². The summed E-state index contributed by atoms with van der Waals surface area (Å²) >= 11 is 0. The summed E-state index contributed by atoms with van der Waals surface area (Å²) in [5.74, 6) is 0. The lowest BCUT2D eigenvalue weighted by Crippen LogP contribution is -2.09. The standard InChI is InChI=1S/C58H37N3/c1-4-14-41(15-5-1)59(42-16-6-2-7-17-42)44-29-26-38(27-30-44)46-32-28-39-24-25-40-36-52-48-21-11-13-23-54(48)61(58(52)50-34-33-49(46)56(39)57(40)50)45-31-35-55-51(37-45)47-20-10-12-22-53(47)60(55)43-18-8-3-9-19-43/h1-37H. The van der Waals surface area contributed by atoms with Crippen molar-refractivity contribution in [2.75, 3.05) is 4.90 Å². The van der Waals surface area contributed by atoms with Crippen molar-refractivity contribution in [3.05, 3.63) is 224 Å². The maximum absolute atomic E-state index is 2.51. The fourth-order valence-electron chi connectivity index (χ4n) is 10.2. The molecule has 0 radical (unpaired) electrons. The van der Waals surface area contributed by atoms with Gasteiger partial charge in [-0.2, -0.15) is 0 Å². The van der Waals surface area contributed by atoms with Crippen LogP contribution in [-0.4, -0.2) is 9.13 Å². The van der Waals surface area contributed by atoms with Gasteiger partial charge in [0, 0.05) is 55.4 Å². The predicted octanol–water partition coefficient (Wildman–Crippen LogP) is 15.9. The van der Waals surface area contributed by atoms with Gasteiger partial charge in [0.05, 0.1) is 22.1 Å². The van der Waals surface area contributed by atoms with Crippen molar-refractivity contribution in [2.24, 2.45) is 0 Å². The zero-order valence-corrected chi connectivity index (χ0v) is 33.2. The van der Waals surface area contributed by atoms with Crippen molar-refractivity contribution in [3.8, 4) is 22.5 Å². The first-order valence-corrected chi connectivity index (χ1v) is 21.0. The van der Waals surface area contributed by atoms with Crippen LogP contribution in [0.5, 0.6) is 0 Å². The minimum atomic E-state index is 1.12. The number of hydrogen-bond acceptors (Lipinski definition) is 1. The van der Waals surface area contributed by atoms with E-state index in [2.05, 4.69) is 238 Å². The molecule has 0 unspecified atom stereocenters. The molecule has 0 atom stereocenters. The molecule has 61 heavy (non-hydrogen) atoms. The number of rotatable bonds is 6. The largest absolute Gasteiger partial charge is 0.311 e. The summed E-state index contributed by atoms with van der Waals surface area (Å²) in [4.78, 5) is 2.32. The van der Waals surface area contributed by atoms with E-state index in [0.29, 0.717) is 0 Å². The van der Waals surface area contributed by atoms with Gasteiger partial charge < -0.3 is 14.0 Å². The fraction of sp³-hybridized carbons (Fsp3) is 0. The van der Waals surface area contributed by atoms with Crippen LogP contribution in [0.3, 0.4) is 0 Å². The van der Waals surface area contributed by atoms with E-state index in [4.69, 9.17) is 0 Å². The number of benzene rings is 11. The highest BCUT2D eigenvalue weighted by Crippen LogP contribution is 2.46. The quantitative estimate of drug-likeness (QED) is 0.153. The van der Waals surface area contributed by atoms with Crippen LogP contribution >= 0.6 is 0 Å². The Labute approximate surface area is 352 Å².